The van der Waals surface area contributed by atoms with E-state index in [0.717, 1.165) is 11.2 Å². The smallest absolute Gasteiger partial charge is 0.330 e. The molecule has 3 rings (SSSR count). The van der Waals surface area contributed by atoms with Crippen molar-refractivity contribution in [1.82, 2.24) is 4.98 Å². The van der Waals surface area contributed by atoms with Gasteiger partial charge in [0.15, 0.2) is 0 Å². The molecule has 0 atom stereocenters. The highest BCUT2D eigenvalue weighted by atomic mass is 16.4. The number of hydrogen-bond donors (Lipinski definition) is 0. The zero-order valence-corrected chi connectivity index (χ0v) is 11.6. The summed E-state index contributed by atoms with van der Waals surface area (Å²) in [5, 5.41) is 0. The van der Waals surface area contributed by atoms with Crippen molar-refractivity contribution in [3.05, 3.63) is 84.7 Å². The van der Waals surface area contributed by atoms with Gasteiger partial charge in [0.2, 0.25) is 0 Å². The van der Waals surface area contributed by atoms with Crippen molar-refractivity contribution in [3.63, 3.8) is 0 Å². The summed E-state index contributed by atoms with van der Waals surface area (Å²) >= 11 is 0. The molecule has 1 heterocycles. The van der Waals surface area contributed by atoms with Crippen molar-refractivity contribution in [2.75, 3.05) is 0 Å². The minimum Gasteiger partial charge on any atom is -0.429 e. The Morgan fingerprint density at radius 2 is 1.62 bits per heavy atom. The largest absolute Gasteiger partial charge is 0.429 e. The number of hydrogen-bond acceptors (Lipinski definition) is 2. The summed E-state index contributed by atoms with van der Waals surface area (Å²) in [6, 6.07) is 24.4. The monoisotopic (exact) mass is 272 g/mol. The van der Waals surface area contributed by atoms with Crippen LogP contribution in [0.5, 0.6) is 0 Å². The molecule has 0 aliphatic rings. The second kappa shape index (κ2) is 6.86. The fourth-order valence-electron chi connectivity index (χ4n) is 2.13. The van der Waals surface area contributed by atoms with Gasteiger partial charge in [0.25, 0.3) is 0 Å². The van der Waals surface area contributed by atoms with Crippen LogP contribution < -0.4 is 5.46 Å². The van der Waals surface area contributed by atoms with Crippen molar-refractivity contribution in [2.24, 2.45) is 0 Å². The van der Waals surface area contributed by atoms with Crippen LogP contribution in [0.25, 0.3) is 11.1 Å². The second-order valence-electron chi connectivity index (χ2n) is 4.74. The Labute approximate surface area is 125 Å². The maximum Gasteiger partial charge on any atom is 0.330 e. The Hall–Kier alpha value is -2.39. The van der Waals surface area contributed by atoms with Gasteiger partial charge >= 0.3 is 7.48 Å². The summed E-state index contributed by atoms with van der Waals surface area (Å²) in [6.07, 6.45) is 1.77. The highest BCUT2D eigenvalue weighted by Gasteiger charge is 2.02. The van der Waals surface area contributed by atoms with Crippen LogP contribution in [0.4, 0.5) is 0 Å². The Kier molecular flexibility index (Phi) is 4.44. The Morgan fingerprint density at radius 1 is 0.810 bits per heavy atom. The lowest BCUT2D eigenvalue weighted by molar-refractivity contribution is 0.325. The van der Waals surface area contributed by atoms with Gasteiger partial charge in [-0.2, -0.15) is 0 Å². The molecule has 3 aromatic rings. The first kappa shape index (κ1) is 13.6. The van der Waals surface area contributed by atoms with E-state index in [1.807, 2.05) is 48.5 Å². The Balaban J connectivity index is 1.64. The van der Waals surface area contributed by atoms with Crippen molar-refractivity contribution in [2.45, 2.75) is 6.61 Å². The van der Waals surface area contributed by atoms with E-state index in [9.17, 15) is 0 Å². The molecule has 0 N–H and O–H groups in total. The second-order valence-corrected chi connectivity index (χ2v) is 4.74. The van der Waals surface area contributed by atoms with Gasteiger partial charge < -0.3 is 4.65 Å². The lowest BCUT2D eigenvalue weighted by Crippen LogP contribution is -2.17. The highest BCUT2D eigenvalue weighted by molar-refractivity contribution is 6.47. The van der Waals surface area contributed by atoms with Crippen LogP contribution >= 0.6 is 0 Å². The predicted molar refractivity (Wildman–Crippen MR) is 86.3 cm³/mol. The Bertz CT molecular complexity index is 686. The number of aromatic nitrogens is 1. The van der Waals surface area contributed by atoms with Crippen LogP contribution in [0, 0.1) is 0 Å². The molecule has 0 fully saturated rings. The molecule has 101 valence electrons. The molecule has 0 aliphatic carbocycles. The molecule has 2 nitrogen and oxygen atoms in total. The molecule has 1 radical (unpaired) electrons. The van der Waals surface area contributed by atoms with E-state index in [1.165, 1.54) is 11.1 Å². The maximum absolute atomic E-state index is 5.61. The van der Waals surface area contributed by atoms with Crippen LogP contribution in [-0.2, 0) is 11.3 Å². The molecule has 0 amide bonds. The summed E-state index contributed by atoms with van der Waals surface area (Å²) in [6.45, 7) is 0.483. The average molecular weight is 272 g/mol. The average Bonchev–Trinajstić information content (AvgIpc) is 2.57. The third-order valence-electron chi connectivity index (χ3n) is 3.17. The first-order valence-electron chi connectivity index (χ1n) is 6.92. The number of nitrogens with zero attached hydrogens (tertiary/aromatic N) is 1. The minimum atomic E-state index is 0.483. The SMILES string of the molecule is [B](OCc1ccccn1)c1cccc(-c2ccccc2)c1. The van der Waals surface area contributed by atoms with Gasteiger partial charge in [-0.15, -0.1) is 0 Å². The molecule has 0 saturated heterocycles. The van der Waals surface area contributed by atoms with E-state index >= 15 is 0 Å². The van der Waals surface area contributed by atoms with Crippen molar-refractivity contribution < 1.29 is 4.65 Å². The van der Waals surface area contributed by atoms with Crippen LogP contribution in [0.15, 0.2) is 79.0 Å². The van der Waals surface area contributed by atoms with E-state index < -0.39 is 0 Å². The highest BCUT2D eigenvalue weighted by Crippen LogP contribution is 2.16. The first-order valence-corrected chi connectivity index (χ1v) is 6.92. The molecule has 2 aromatic carbocycles. The summed E-state index contributed by atoms with van der Waals surface area (Å²) in [5.74, 6) is 0. The summed E-state index contributed by atoms with van der Waals surface area (Å²) < 4.78 is 5.61. The van der Waals surface area contributed by atoms with Gasteiger partial charge in [-0.25, -0.2) is 0 Å². The molecule has 0 bridgehead atoms. The standard InChI is InChI=1S/C18H15BNO/c1-2-7-15(8-3-1)16-9-6-10-17(13-16)19-21-14-18-11-4-5-12-20-18/h1-13H,14H2. The zero-order chi connectivity index (χ0) is 14.3. The molecule has 0 unspecified atom stereocenters. The van der Waals surface area contributed by atoms with Crippen LogP contribution in [0.3, 0.4) is 0 Å². The van der Waals surface area contributed by atoms with Crippen molar-refractivity contribution >= 4 is 12.9 Å². The Morgan fingerprint density at radius 3 is 2.43 bits per heavy atom. The fraction of sp³-hybridized carbons (Fsp3) is 0.0556. The van der Waals surface area contributed by atoms with Gasteiger partial charge in [0.05, 0.1) is 12.3 Å². The fourth-order valence-corrected chi connectivity index (χ4v) is 2.13. The summed E-state index contributed by atoms with van der Waals surface area (Å²) in [7, 11) is 1.78. The van der Waals surface area contributed by atoms with E-state index in [-0.39, 0.29) is 0 Å². The number of pyridine rings is 1. The lowest BCUT2D eigenvalue weighted by atomic mass is 9.86. The van der Waals surface area contributed by atoms with Gasteiger partial charge in [0.1, 0.15) is 0 Å². The number of benzene rings is 2. The van der Waals surface area contributed by atoms with E-state index in [1.54, 1.807) is 13.7 Å². The van der Waals surface area contributed by atoms with Crippen molar-refractivity contribution in [1.29, 1.82) is 0 Å². The molecular formula is C18H15BNO. The molecule has 0 saturated carbocycles. The van der Waals surface area contributed by atoms with Crippen LogP contribution in [-0.4, -0.2) is 12.5 Å². The number of rotatable bonds is 5. The first-order chi connectivity index (χ1) is 10.4. The molecule has 3 heteroatoms. The maximum atomic E-state index is 5.61. The lowest BCUT2D eigenvalue weighted by Gasteiger charge is -2.05. The van der Waals surface area contributed by atoms with Crippen LogP contribution in [0.2, 0.25) is 0 Å². The van der Waals surface area contributed by atoms with Gasteiger partial charge in [0, 0.05) is 6.20 Å². The minimum absolute atomic E-state index is 0.483. The normalized spacial score (nSPS) is 10.3. The molecule has 0 spiro atoms. The summed E-state index contributed by atoms with van der Waals surface area (Å²) in [5.41, 5.74) is 4.36. The summed E-state index contributed by atoms with van der Waals surface area (Å²) in [4.78, 5) is 4.23. The third-order valence-corrected chi connectivity index (χ3v) is 3.17. The predicted octanol–water partition coefficient (Wildman–Crippen LogP) is 3.21. The molecule has 0 aliphatic heterocycles. The molecule has 21 heavy (non-hydrogen) atoms. The van der Waals surface area contributed by atoms with Crippen molar-refractivity contribution in [3.8, 4) is 11.1 Å². The molecular weight excluding hydrogens is 257 g/mol. The van der Waals surface area contributed by atoms with Gasteiger partial charge in [-0.3, -0.25) is 4.98 Å². The van der Waals surface area contributed by atoms with E-state index in [0.29, 0.717) is 6.61 Å². The zero-order valence-electron chi connectivity index (χ0n) is 11.6. The van der Waals surface area contributed by atoms with E-state index in [4.69, 9.17) is 4.65 Å². The molecule has 1 aromatic heterocycles. The van der Waals surface area contributed by atoms with Gasteiger partial charge in [-0.05, 0) is 23.3 Å². The van der Waals surface area contributed by atoms with E-state index in [2.05, 4.69) is 29.2 Å². The topological polar surface area (TPSA) is 22.1 Å². The quantitative estimate of drug-likeness (QED) is 0.665. The van der Waals surface area contributed by atoms with Gasteiger partial charge in [-0.1, -0.05) is 66.1 Å². The van der Waals surface area contributed by atoms with Crippen LogP contribution in [0.1, 0.15) is 5.69 Å². The third kappa shape index (κ3) is 3.80.